The van der Waals surface area contributed by atoms with E-state index in [1.165, 1.54) is 0 Å². The Morgan fingerprint density at radius 3 is 1.90 bits per heavy atom. The van der Waals surface area contributed by atoms with Gasteiger partial charge in [0, 0.05) is 11.6 Å². The monoisotopic (exact) mass is 302 g/mol. The summed E-state index contributed by atoms with van der Waals surface area (Å²) in [4.78, 5) is 0. The molecule has 2 nitrogen and oxygen atoms in total. The van der Waals surface area contributed by atoms with Crippen LogP contribution in [0.1, 0.15) is 68.4 Å². The predicted molar refractivity (Wildman–Crippen MR) is 74.5 cm³/mol. The lowest BCUT2D eigenvalue weighted by Gasteiger charge is -2.23. The summed E-state index contributed by atoms with van der Waals surface area (Å²) in [6.07, 6.45) is 2.80. The van der Waals surface area contributed by atoms with Gasteiger partial charge < -0.3 is 10.2 Å². The van der Waals surface area contributed by atoms with E-state index < -0.39 is 23.2 Å². The Bertz CT molecular complexity index is 473. The molecule has 1 aliphatic rings. The van der Waals surface area contributed by atoms with E-state index in [0.717, 1.165) is 50.7 Å². The molecule has 0 radical (unpaired) electrons. The number of benzene rings is 1. The van der Waals surface area contributed by atoms with Crippen molar-refractivity contribution in [1.29, 1.82) is 0 Å². The predicted octanol–water partition coefficient (Wildman–Crippen LogP) is 5.33. The molecule has 0 amide bonds. The molecule has 2 rings (SSSR count). The number of rotatable bonds is 1. The molecule has 21 heavy (non-hydrogen) atoms. The minimum atomic E-state index is -4.57. The first-order valence-corrected chi connectivity index (χ1v) is 7.52. The van der Waals surface area contributed by atoms with E-state index >= 15 is 0 Å². The van der Waals surface area contributed by atoms with Crippen molar-refractivity contribution in [2.24, 2.45) is 0 Å². The van der Waals surface area contributed by atoms with Crippen molar-refractivity contribution < 1.29 is 23.4 Å². The van der Waals surface area contributed by atoms with Crippen LogP contribution < -0.4 is 0 Å². The Hall–Kier alpha value is -1.39. The molecule has 0 atom stereocenters. The minimum absolute atomic E-state index is 0.0396. The van der Waals surface area contributed by atoms with E-state index in [0.29, 0.717) is 12.8 Å². The number of hydrogen-bond acceptors (Lipinski definition) is 2. The van der Waals surface area contributed by atoms with Crippen molar-refractivity contribution in [1.82, 2.24) is 0 Å². The summed E-state index contributed by atoms with van der Waals surface area (Å²) >= 11 is 0. The summed E-state index contributed by atoms with van der Waals surface area (Å²) in [7, 11) is 0. The van der Waals surface area contributed by atoms with Crippen LogP contribution in [0.2, 0.25) is 0 Å². The van der Waals surface area contributed by atoms with E-state index in [-0.39, 0.29) is 11.5 Å². The highest BCUT2D eigenvalue weighted by molar-refractivity contribution is 5.48. The Morgan fingerprint density at radius 1 is 0.857 bits per heavy atom. The second-order valence-electron chi connectivity index (χ2n) is 5.82. The lowest BCUT2D eigenvalue weighted by molar-refractivity contribution is -0.138. The summed E-state index contributed by atoms with van der Waals surface area (Å²) in [5.74, 6) is -1.28. The molecule has 1 fully saturated rings. The molecule has 1 aromatic rings. The minimum Gasteiger partial charge on any atom is -0.508 e. The largest absolute Gasteiger partial charge is 0.508 e. The van der Waals surface area contributed by atoms with Crippen molar-refractivity contribution in [3.8, 4) is 11.5 Å². The first-order valence-electron chi connectivity index (χ1n) is 7.52. The van der Waals surface area contributed by atoms with Crippen LogP contribution >= 0.6 is 0 Å². The zero-order valence-corrected chi connectivity index (χ0v) is 11.9. The van der Waals surface area contributed by atoms with Crippen LogP contribution in [-0.2, 0) is 6.18 Å². The Balaban J connectivity index is 2.39. The number of phenols is 2. The van der Waals surface area contributed by atoms with Crippen LogP contribution in [0.25, 0.3) is 0 Å². The zero-order valence-electron chi connectivity index (χ0n) is 11.9. The molecule has 118 valence electrons. The Morgan fingerprint density at radius 2 is 1.38 bits per heavy atom. The van der Waals surface area contributed by atoms with Gasteiger partial charge in [-0.05, 0) is 24.8 Å². The molecule has 0 unspecified atom stereocenters. The van der Waals surface area contributed by atoms with Crippen LogP contribution in [0.3, 0.4) is 0 Å². The van der Waals surface area contributed by atoms with Crippen LogP contribution in [0.5, 0.6) is 11.5 Å². The van der Waals surface area contributed by atoms with Gasteiger partial charge in [0.2, 0.25) is 0 Å². The Kier molecular flexibility index (Phi) is 5.01. The zero-order chi connectivity index (χ0) is 15.5. The maximum Gasteiger partial charge on any atom is 0.416 e. The molecule has 0 aliphatic heterocycles. The number of halogens is 3. The lowest BCUT2D eigenvalue weighted by Crippen LogP contribution is -2.13. The highest BCUT2D eigenvalue weighted by Crippen LogP contribution is 2.45. The molecule has 0 bridgehead atoms. The smallest absolute Gasteiger partial charge is 0.416 e. The van der Waals surface area contributed by atoms with Gasteiger partial charge in [-0.3, -0.25) is 0 Å². The van der Waals surface area contributed by atoms with Gasteiger partial charge in [-0.25, -0.2) is 0 Å². The molecular formula is C16H21F3O2. The van der Waals surface area contributed by atoms with Crippen LogP contribution in [0.15, 0.2) is 12.1 Å². The number of hydrogen-bond donors (Lipinski definition) is 2. The fourth-order valence-corrected chi connectivity index (χ4v) is 3.21. The lowest BCUT2D eigenvalue weighted by atomic mass is 9.85. The first-order chi connectivity index (χ1) is 9.89. The average Bonchev–Trinajstić information content (AvgIpc) is 2.50. The van der Waals surface area contributed by atoms with Crippen molar-refractivity contribution in [2.75, 3.05) is 0 Å². The standard InChI is InChI=1S/C16H21F3O2/c17-16(18,19)13-9-12(20)10-14(21)15(13)11-7-5-3-1-2-4-6-8-11/h9-11,20-21H,1-8H2. The second-order valence-corrected chi connectivity index (χ2v) is 5.82. The summed E-state index contributed by atoms with van der Waals surface area (Å²) in [5.41, 5.74) is -0.938. The van der Waals surface area contributed by atoms with E-state index in [2.05, 4.69) is 0 Å². The molecule has 0 saturated heterocycles. The van der Waals surface area contributed by atoms with Crippen molar-refractivity contribution in [2.45, 2.75) is 63.5 Å². The van der Waals surface area contributed by atoms with E-state index in [1.54, 1.807) is 0 Å². The maximum absolute atomic E-state index is 13.2. The molecule has 2 N–H and O–H groups in total. The molecule has 0 heterocycles. The van der Waals surface area contributed by atoms with Crippen LogP contribution in [-0.4, -0.2) is 10.2 Å². The number of alkyl halides is 3. The van der Waals surface area contributed by atoms with Crippen LogP contribution in [0.4, 0.5) is 13.2 Å². The molecule has 0 spiro atoms. The number of phenolic OH excluding ortho intramolecular Hbond substituents is 2. The molecular weight excluding hydrogens is 281 g/mol. The van der Waals surface area contributed by atoms with Crippen molar-refractivity contribution in [3.05, 3.63) is 23.3 Å². The third-order valence-electron chi connectivity index (χ3n) is 4.21. The van der Waals surface area contributed by atoms with Gasteiger partial charge in [-0.2, -0.15) is 13.2 Å². The summed E-state index contributed by atoms with van der Waals surface area (Å²) < 4.78 is 39.6. The molecule has 1 aromatic carbocycles. The van der Waals surface area contributed by atoms with Gasteiger partial charge in [-0.1, -0.05) is 38.5 Å². The van der Waals surface area contributed by atoms with E-state index in [9.17, 15) is 23.4 Å². The maximum atomic E-state index is 13.2. The SMILES string of the molecule is Oc1cc(O)c(C2CCCCCCCC2)c(C(F)(F)F)c1. The topological polar surface area (TPSA) is 40.5 Å². The quantitative estimate of drug-likeness (QED) is 0.735. The van der Waals surface area contributed by atoms with E-state index in [4.69, 9.17) is 0 Å². The summed E-state index contributed by atoms with van der Waals surface area (Å²) in [6.45, 7) is 0. The van der Waals surface area contributed by atoms with Gasteiger partial charge in [0.25, 0.3) is 0 Å². The third kappa shape index (κ3) is 4.05. The molecule has 5 heteroatoms. The highest BCUT2D eigenvalue weighted by atomic mass is 19.4. The van der Waals surface area contributed by atoms with Gasteiger partial charge in [-0.15, -0.1) is 0 Å². The van der Waals surface area contributed by atoms with Crippen LogP contribution in [0, 0.1) is 0 Å². The van der Waals surface area contributed by atoms with Gasteiger partial charge in [0.15, 0.2) is 0 Å². The van der Waals surface area contributed by atoms with Gasteiger partial charge in [0.1, 0.15) is 11.5 Å². The number of aromatic hydroxyl groups is 2. The van der Waals surface area contributed by atoms with Gasteiger partial charge in [0.05, 0.1) is 5.56 Å². The third-order valence-corrected chi connectivity index (χ3v) is 4.21. The summed E-state index contributed by atoms with van der Waals surface area (Å²) in [6, 6.07) is 1.74. The summed E-state index contributed by atoms with van der Waals surface area (Å²) in [5, 5.41) is 19.3. The van der Waals surface area contributed by atoms with Crippen molar-refractivity contribution in [3.63, 3.8) is 0 Å². The fourth-order valence-electron chi connectivity index (χ4n) is 3.21. The van der Waals surface area contributed by atoms with E-state index in [1.807, 2.05) is 0 Å². The average molecular weight is 302 g/mol. The highest BCUT2D eigenvalue weighted by Gasteiger charge is 2.37. The van der Waals surface area contributed by atoms with Crippen molar-refractivity contribution >= 4 is 0 Å². The van der Waals surface area contributed by atoms with Gasteiger partial charge >= 0.3 is 6.18 Å². The molecule has 1 aliphatic carbocycles. The first kappa shape index (κ1) is 16.0. The Labute approximate surface area is 122 Å². The fraction of sp³-hybridized carbons (Fsp3) is 0.625. The molecule has 0 aromatic heterocycles. The normalized spacial score (nSPS) is 18.8. The molecule has 1 saturated carbocycles. The second kappa shape index (κ2) is 6.58.